The van der Waals surface area contributed by atoms with Crippen molar-refractivity contribution in [3.63, 3.8) is 0 Å². The minimum Gasteiger partial charge on any atom is -0.326 e. The van der Waals surface area contributed by atoms with Crippen LogP contribution in [0.25, 0.3) is 0 Å². The molecule has 1 fully saturated rings. The fourth-order valence-electron chi connectivity index (χ4n) is 2.40. The van der Waals surface area contributed by atoms with Crippen molar-refractivity contribution in [1.82, 2.24) is 0 Å². The van der Waals surface area contributed by atoms with Crippen LogP contribution in [0.4, 0.5) is 5.69 Å². The van der Waals surface area contributed by atoms with E-state index < -0.39 is 0 Å². The Labute approximate surface area is 114 Å². The van der Waals surface area contributed by atoms with Gasteiger partial charge in [-0.2, -0.15) is 11.8 Å². The third kappa shape index (κ3) is 4.05. The van der Waals surface area contributed by atoms with Crippen LogP contribution in [0.5, 0.6) is 0 Å². The Morgan fingerprint density at radius 3 is 2.72 bits per heavy atom. The molecule has 2 nitrogen and oxygen atoms in total. The van der Waals surface area contributed by atoms with Crippen molar-refractivity contribution < 1.29 is 4.79 Å². The lowest BCUT2D eigenvalue weighted by atomic mass is 10.0. The molecule has 1 aromatic rings. The minimum atomic E-state index is 0.00474. The highest BCUT2D eigenvalue weighted by Gasteiger charge is 2.14. The molecule has 0 saturated heterocycles. The molecule has 0 atom stereocenters. The fourth-order valence-corrected chi connectivity index (χ4v) is 3.73. The predicted molar refractivity (Wildman–Crippen MR) is 78.9 cm³/mol. The number of carbonyl (C=O) groups excluding carboxylic acids is 1. The van der Waals surface area contributed by atoms with E-state index in [1.165, 1.54) is 37.7 Å². The van der Waals surface area contributed by atoms with Gasteiger partial charge in [-0.15, -0.1) is 0 Å². The van der Waals surface area contributed by atoms with E-state index >= 15 is 0 Å². The summed E-state index contributed by atoms with van der Waals surface area (Å²) >= 11 is 2.04. The van der Waals surface area contributed by atoms with E-state index in [4.69, 9.17) is 0 Å². The largest absolute Gasteiger partial charge is 0.326 e. The van der Waals surface area contributed by atoms with Crippen LogP contribution in [-0.4, -0.2) is 11.2 Å². The van der Waals surface area contributed by atoms with Gasteiger partial charge in [-0.1, -0.05) is 37.5 Å². The standard InChI is InChI=1S/C15H21NOS/c1-12(17)16-15-10-6-5-7-13(15)11-18-14-8-3-2-4-9-14/h5-7,10,14H,2-4,8-9,11H2,1H3,(H,16,17). The number of para-hydroxylation sites is 1. The summed E-state index contributed by atoms with van der Waals surface area (Å²) in [6.45, 7) is 1.56. The molecule has 2 rings (SSSR count). The van der Waals surface area contributed by atoms with Crippen molar-refractivity contribution in [2.75, 3.05) is 5.32 Å². The van der Waals surface area contributed by atoms with Gasteiger partial charge in [-0.05, 0) is 24.5 Å². The number of benzene rings is 1. The van der Waals surface area contributed by atoms with E-state index in [9.17, 15) is 4.79 Å². The zero-order valence-corrected chi connectivity index (χ0v) is 11.8. The predicted octanol–water partition coefficient (Wildman–Crippen LogP) is 4.21. The minimum absolute atomic E-state index is 0.00474. The molecule has 0 aromatic heterocycles. The molecule has 3 heteroatoms. The summed E-state index contributed by atoms with van der Waals surface area (Å²) in [5.41, 5.74) is 2.21. The summed E-state index contributed by atoms with van der Waals surface area (Å²) in [6, 6.07) is 8.11. The van der Waals surface area contributed by atoms with Crippen LogP contribution < -0.4 is 5.32 Å². The van der Waals surface area contributed by atoms with Gasteiger partial charge >= 0.3 is 0 Å². The van der Waals surface area contributed by atoms with Crippen LogP contribution in [0.15, 0.2) is 24.3 Å². The van der Waals surface area contributed by atoms with Crippen LogP contribution in [-0.2, 0) is 10.5 Å². The van der Waals surface area contributed by atoms with Crippen LogP contribution in [0, 0.1) is 0 Å². The molecule has 1 N–H and O–H groups in total. The van der Waals surface area contributed by atoms with E-state index in [0.717, 1.165) is 16.7 Å². The van der Waals surface area contributed by atoms with E-state index in [2.05, 4.69) is 11.4 Å². The third-order valence-corrected chi connectivity index (χ3v) is 4.78. The summed E-state index contributed by atoms with van der Waals surface area (Å²) in [4.78, 5) is 11.2. The number of thioether (sulfide) groups is 1. The normalized spacial score (nSPS) is 16.5. The number of anilines is 1. The third-order valence-electron chi connectivity index (χ3n) is 3.35. The second-order valence-electron chi connectivity index (χ2n) is 4.91. The Balaban J connectivity index is 1.93. The molecule has 1 aromatic carbocycles. The summed E-state index contributed by atoms with van der Waals surface area (Å²) in [7, 11) is 0. The average molecular weight is 263 g/mol. The number of hydrogen-bond donors (Lipinski definition) is 1. The molecule has 1 aliphatic carbocycles. The van der Waals surface area contributed by atoms with Gasteiger partial charge in [0.15, 0.2) is 0 Å². The highest BCUT2D eigenvalue weighted by atomic mass is 32.2. The van der Waals surface area contributed by atoms with E-state index in [1.54, 1.807) is 6.92 Å². The maximum absolute atomic E-state index is 11.2. The summed E-state index contributed by atoms with van der Waals surface area (Å²) < 4.78 is 0. The Bertz CT molecular complexity index is 399. The molecule has 1 aliphatic rings. The molecule has 1 amide bonds. The highest BCUT2D eigenvalue weighted by Crippen LogP contribution is 2.32. The van der Waals surface area contributed by atoms with Crippen molar-refractivity contribution in [2.24, 2.45) is 0 Å². The first kappa shape index (κ1) is 13.5. The topological polar surface area (TPSA) is 29.1 Å². The van der Waals surface area contributed by atoms with E-state index in [0.29, 0.717) is 0 Å². The maximum atomic E-state index is 11.2. The number of hydrogen-bond acceptors (Lipinski definition) is 2. The summed E-state index contributed by atoms with van der Waals surface area (Å²) in [6.07, 6.45) is 6.87. The Kier molecular flexibility index (Phi) is 5.12. The molecule has 98 valence electrons. The lowest BCUT2D eigenvalue weighted by molar-refractivity contribution is -0.114. The van der Waals surface area contributed by atoms with Crippen molar-refractivity contribution in [3.05, 3.63) is 29.8 Å². The Morgan fingerprint density at radius 2 is 2.00 bits per heavy atom. The molecule has 18 heavy (non-hydrogen) atoms. The molecular formula is C15H21NOS. The van der Waals surface area contributed by atoms with Crippen LogP contribution in [0.3, 0.4) is 0 Å². The molecular weight excluding hydrogens is 242 g/mol. The molecule has 0 unspecified atom stereocenters. The SMILES string of the molecule is CC(=O)Nc1ccccc1CSC1CCCCC1. The smallest absolute Gasteiger partial charge is 0.221 e. The Morgan fingerprint density at radius 1 is 1.28 bits per heavy atom. The lowest BCUT2D eigenvalue weighted by Gasteiger charge is -2.21. The van der Waals surface area contributed by atoms with Crippen LogP contribution in [0.1, 0.15) is 44.6 Å². The summed E-state index contributed by atoms with van der Waals surface area (Å²) in [5, 5.41) is 3.72. The van der Waals surface area contributed by atoms with Gasteiger partial charge in [0.05, 0.1) is 0 Å². The zero-order valence-electron chi connectivity index (χ0n) is 10.9. The average Bonchev–Trinajstić information content (AvgIpc) is 2.38. The highest BCUT2D eigenvalue weighted by molar-refractivity contribution is 7.99. The zero-order chi connectivity index (χ0) is 12.8. The van der Waals surface area contributed by atoms with Gasteiger partial charge in [0.2, 0.25) is 5.91 Å². The molecule has 0 bridgehead atoms. The molecule has 0 radical (unpaired) electrons. The second kappa shape index (κ2) is 6.83. The molecule has 1 saturated carbocycles. The number of nitrogens with one attached hydrogen (secondary N) is 1. The Hall–Kier alpha value is -0.960. The molecule has 0 aliphatic heterocycles. The quantitative estimate of drug-likeness (QED) is 0.881. The number of rotatable bonds is 4. The van der Waals surface area contributed by atoms with Crippen LogP contribution >= 0.6 is 11.8 Å². The van der Waals surface area contributed by atoms with Gasteiger partial charge in [0.25, 0.3) is 0 Å². The second-order valence-corrected chi connectivity index (χ2v) is 6.20. The van der Waals surface area contributed by atoms with E-state index in [-0.39, 0.29) is 5.91 Å². The monoisotopic (exact) mass is 263 g/mol. The van der Waals surface area contributed by atoms with E-state index in [1.807, 2.05) is 30.0 Å². The van der Waals surface area contributed by atoms with Gasteiger partial charge < -0.3 is 5.32 Å². The van der Waals surface area contributed by atoms with Crippen LogP contribution in [0.2, 0.25) is 0 Å². The number of carbonyl (C=O) groups is 1. The number of amides is 1. The fraction of sp³-hybridized carbons (Fsp3) is 0.533. The maximum Gasteiger partial charge on any atom is 0.221 e. The van der Waals surface area contributed by atoms with Gasteiger partial charge in [0.1, 0.15) is 0 Å². The summed E-state index contributed by atoms with van der Waals surface area (Å²) in [5.74, 6) is 1.01. The van der Waals surface area contributed by atoms with Crippen molar-refractivity contribution >= 4 is 23.4 Å². The first-order valence-corrected chi connectivity index (χ1v) is 7.77. The molecule has 0 heterocycles. The van der Waals surface area contributed by atoms with Gasteiger partial charge in [-0.25, -0.2) is 0 Å². The van der Waals surface area contributed by atoms with Crippen molar-refractivity contribution in [3.8, 4) is 0 Å². The van der Waals surface area contributed by atoms with Crippen molar-refractivity contribution in [1.29, 1.82) is 0 Å². The lowest BCUT2D eigenvalue weighted by Crippen LogP contribution is -2.10. The first-order valence-electron chi connectivity index (χ1n) is 6.73. The van der Waals surface area contributed by atoms with Crippen molar-refractivity contribution in [2.45, 2.75) is 50.0 Å². The van der Waals surface area contributed by atoms with Gasteiger partial charge in [0, 0.05) is 23.6 Å². The molecule has 0 spiro atoms. The first-order chi connectivity index (χ1) is 8.75. The van der Waals surface area contributed by atoms with Gasteiger partial charge in [-0.3, -0.25) is 4.79 Å².